The van der Waals surface area contributed by atoms with Crippen LogP contribution in [0, 0.1) is 12.8 Å². The molecule has 1 heteroatoms. The number of ether oxygens (including phenoxy) is 1. The van der Waals surface area contributed by atoms with E-state index in [0.29, 0.717) is 6.10 Å². The number of rotatable bonds is 2. The van der Waals surface area contributed by atoms with Crippen LogP contribution >= 0.6 is 0 Å². The van der Waals surface area contributed by atoms with Crippen LogP contribution in [0.3, 0.4) is 0 Å². The molecule has 1 aromatic carbocycles. The zero-order valence-corrected chi connectivity index (χ0v) is 9.70. The molecule has 0 amide bonds. The topological polar surface area (TPSA) is 9.23 Å². The average molecular weight is 204 g/mol. The Morgan fingerprint density at radius 3 is 2.53 bits per heavy atom. The minimum atomic E-state index is 0.447. The molecule has 15 heavy (non-hydrogen) atoms. The highest BCUT2D eigenvalue weighted by atomic mass is 16.5. The van der Waals surface area contributed by atoms with E-state index in [1.54, 1.807) is 0 Å². The van der Waals surface area contributed by atoms with E-state index < -0.39 is 0 Å². The molecule has 0 aromatic heterocycles. The summed E-state index contributed by atoms with van der Waals surface area (Å²) in [6, 6.07) is 8.36. The van der Waals surface area contributed by atoms with Gasteiger partial charge >= 0.3 is 0 Å². The first-order chi connectivity index (χ1) is 7.24. The zero-order chi connectivity index (χ0) is 10.7. The lowest BCUT2D eigenvalue weighted by Crippen LogP contribution is -2.22. The van der Waals surface area contributed by atoms with Crippen LogP contribution in [0.4, 0.5) is 0 Å². The van der Waals surface area contributed by atoms with Crippen LogP contribution in [-0.4, -0.2) is 6.10 Å². The lowest BCUT2D eigenvalue weighted by Gasteiger charge is -2.26. The van der Waals surface area contributed by atoms with E-state index in [2.05, 4.69) is 38.1 Å². The highest BCUT2D eigenvalue weighted by Gasteiger charge is 2.19. The fourth-order valence-electron chi connectivity index (χ4n) is 2.23. The Labute approximate surface area is 92.5 Å². The van der Waals surface area contributed by atoms with E-state index in [0.717, 1.165) is 11.7 Å². The lowest BCUT2D eigenvalue weighted by atomic mass is 9.89. The van der Waals surface area contributed by atoms with Crippen molar-refractivity contribution in [2.45, 2.75) is 45.6 Å². The summed E-state index contributed by atoms with van der Waals surface area (Å²) in [7, 11) is 0. The van der Waals surface area contributed by atoms with Gasteiger partial charge in [0, 0.05) is 0 Å². The van der Waals surface area contributed by atoms with Gasteiger partial charge in [-0.3, -0.25) is 0 Å². The largest absolute Gasteiger partial charge is 0.490 e. The van der Waals surface area contributed by atoms with Gasteiger partial charge in [0.1, 0.15) is 5.75 Å². The maximum absolute atomic E-state index is 5.98. The standard InChI is InChI=1S/C14H20O/c1-11-6-8-13(9-7-11)15-14-5-3-4-12(2)10-14/h3-5,10-11,13H,6-9H2,1-2H3. The van der Waals surface area contributed by atoms with Crippen molar-refractivity contribution in [3.63, 3.8) is 0 Å². The van der Waals surface area contributed by atoms with E-state index in [-0.39, 0.29) is 0 Å². The predicted molar refractivity (Wildman–Crippen MR) is 63.2 cm³/mol. The Morgan fingerprint density at radius 1 is 1.13 bits per heavy atom. The summed E-state index contributed by atoms with van der Waals surface area (Å²) >= 11 is 0. The third-order valence-corrected chi connectivity index (χ3v) is 3.26. The first-order valence-corrected chi connectivity index (χ1v) is 5.97. The molecular formula is C14H20O. The molecule has 1 aliphatic rings. The van der Waals surface area contributed by atoms with Crippen molar-refractivity contribution < 1.29 is 4.74 Å². The summed E-state index contributed by atoms with van der Waals surface area (Å²) in [6.45, 7) is 4.44. The predicted octanol–water partition coefficient (Wildman–Crippen LogP) is 3.95. The molecule has 0 bridgehead atoms. The summed E-state index contributed by atoms with van der Waals surface area (Å²) in [5.41, 5.74) is 1.27. The lowest BCUT2D eigenvalue weighted by molar-refractivity contribution is 0.135. The van der Waals surface area contributed by atoms with E-state index in [4.69, 9.17) is 4.74 Å². The Hall–Kier alpha value is -0.980. The molecule has 82 valence electrons. The number of hydrogen-bond acceptors (Lipinski definition) is 1. The van der Waals surface area contributed by atoms with Gasteiger partial charge in [0.15, 0.2) is 0 Å². The quantitative estimate of drug-likeness (QED) is 0.708. The van der Waals surface area contributed by atoms with Crippen LogP contribution in [0.5, 0.6) is 5.75 Å². The normalized spacial score (nSPS) is 26.3. The van der Waals surface area contributed by atoms with Crippen molar-refractivity contribution in [3.8, 4) is 5.75 Å². The van der Waals surface area contributed by atoms with Gasteiger partial charge in [-0.25, -0.2) is 0 Å². The summed E-state index contributed by atoms with van der Waals surface area (Å²) in [5.74, 6) is 1.93. The van der Waals surface area contributed by atoms with Crippen molar-refractivity contribution in [1.29, 1.82) is 0 Å². The summed E-state index contributed by atoms with van der Waals surface area (Å²) in [6.07, 6.45) is 5.51. The van der Waals surface area contributed by atoms with Crippen LogP contribution in [0.2, 0.25) is 0 Å². The molecule has 0 atom stereocenters. The fourth-order valence-corrected chi connectivity index (χ4v) is 2.23. The van der Waals surface area contributed by atoms with E-state index in [1.165, 1.54) is 31.2 Å². The van der Waals surface area contributed by atoms with E-state index in [9.17, 15) is 0 Å². The Balaban J connectivity index is 1.92. The van der Waals surface area contributed by atoms with Gasteiger partial charge in [0.2, 0.25) is 0 Å². The summed E-state index contributed by atoms with van der Waals surface area (Å²) in [5, 5.41) is 0. The van der Waals surface area contributed by atoms with Gasteiger partial charge < -0.3 is 4.74 Å². The molecule has 1 aliphatic carbocycles. The van der Waals surface area contributed by atoms with Crippen LogP contribution in [-0.2, 0) is 0 Å². The van der Waals surface area contributed by atoms with Crippen molar-refractivity contribution in [2.75, 3.05) is 0 Å². The molecule has 0 aliphatic heterocycles. The first kappa shape index (κ1) is 10.5. The van der Waals surface area contributed by atoms with Crippen LogP contribution < -0.4 is 4.74 Å². The van der Waals surface area contributed by atoms with Gasteiger partial charge in [0.25, 0.3) is 0 Å². The van der Waals surface area contributed by atoms with Crippen molar-refractivity contribution >= 4 is 0 Å². The average Bonchev–Trinajstić information content (AvgIpc) is 2.22. The minimum Gasteiger partial charge on any atom is -0.490 e. The highest BCUT2D eigenvalue weighted by Crippen LogP contribution is 2.27. The molecule has 0 unspecified atom stereocenters. The zero-order valence-electron chi connectivity index (χ0n) is 9.70. The Kier molecular flexibility index (Phi) is 3.30. The molecule has 0 radical (unpaired) electrons. The molecule has 2 rings (SSSR count). The molecule has 0 spiro atoms. The van der Waals surface area contributed by atoms with Crippen LogP contribution in [0.1, 0.15) is 38.2 Å². The van der Waals surface area contributed by atoms with Gasteiger partial charge in [-0.05, 0) is 56.2 Å². The molecular weight excluding hydrogens is 184 g/mol. The highest BCUT2D eigenvalue weighted by molar-refractivity contribution is 5.27. The third-order valence-electron chi connectivity index (χ3n) is 3.26. The van der Waals surface area contributed by atoms with Gasteiger partial charge in [-0.15, -0.1) is 0 Å². The SMILES string of the molecule is Cc1cccc(OC2CCC(C)CC2)c1. The second-order valence-corrected chi connectivity index (χ2v) is 4.82. The molecule has 1 saturated carbocycles. The van der Waals surface area contributed by atoms with Crippen molar-refractivity contribution in [3.05, 3.63) is 29.8 Å². The number of aryl methyl sites for hydroxylation is 1. The number of hydrogen-bond donors (Lipinski definition) is 0. The van der Waals surface area contributed by atoms with Gasteiger partial charge in [-0.2, -0.15) is 0 Å². The molecule has 0 heterocycles. The fraction of sp³-hybridized carbons (Fsp3) is 0.571. The number of benzene rings is 1. The summed E-state index contributed by atoms with van der Waals surface area (Å²) in [4.78, 5) is 0. The molecule has 1 nitrogen and oxygen atoms in total. The van der Waals surface area contributed by atoms with Crippen molar-refractivity contribution in [2.24, 2.45) is 5.92 Å². The second-order valence-electron chi connectivity index (χ2n) is 4.82. The smallest absolute Gasteiger partial charge is 0.119 e. The molecule has 1 fully saturated rings. The molecule has 0 saturated heterocycles. The second kappa shape index (κ2) is 4.69. The van der Waals surface area contributed by atoms with E-state index >= 15 is 0 Å². The van der Waals surface area contributed by atoms with Gasteiger partial charge in [-0.1, -0.05) is 19.1 Å². The monoisotopic (exact) mass is 204 g/mol. The van der Waals surface area contributed by atoms with Gasteiger partial charge in [0.05, 0.1) is 6.10 Å². The van der Waals surface area contributed by atoms with Crippen LogP contribution in [0.15, 0.2) is 24.3 Å². The third kappa shape index (κ3) is 2.98. The van der Waals surface area contributed by atoms with E-state index in [1.807, 2.05) is 0 Å². The maximum atomic E-state index is 5.98. The Morgan fingerprint density at radius 2 is 1.87 bits per heavy atom. The maximum Gasteiger partial charge on any atom is 0.119 e. The molecule has 1 aromatic rings. The minimum absolute atomic E-state index is 0.447. The van der Waals surface area contributed by atoms with Crippen LogP contribution in [0.25, 0.3) is 0 Å². The Bertz CT molecular complexity index is 311. The van der Waals surface area contributed by atoms with Crippen molar-refractivity contribution in [1.82, 2.24) is 0 Å². The summed E-state index contributed by atoms with van der Waals surface area (Å²) < 4.78 is 5.98. The first-order valence-electron chi connectivity index (χ1n) is 5.97. The molecule has 0 N–H and O–H groups in total.